The van der Waals surface area contributed by atoms with Gasteiger partial charge in [0.05, 0.1) is 43.3 Å². The average molecular weight is 707 g/mol. The van der Waals surface area contributed by atoms with E-state index in [0.29, 0.717) is 34.4 Å². The monoisotopic (exact) mass is 706 g/mol. The Morgan fingerprint density at radius 2 is 1.56 bits per heavy atom. The normalized spacial score (nSPS) is 12.6. The zero-order valence-electron chi connectivity index (χ0n) is 26.7. The van der Waals surface area contributed by atoms with E-state index < -0.39 is 37.4 Å². The van der Waals surface area contributed by atoms with E-state index in [1.165, 1.54) is 24.3 Å². The number of nitrogens with two attached hydrogens (primary N) is 2. The molecule has 0 fully saturated rings. The molecule has 0 radical (unpaired) electrons. The Labute approximate surface area is 279 Å². The predicted molar refractivity (Wildman–Crippen MR) is 181 cm³/mol. The van der Waals surface area contributed by atoms with E-state index in [1.54, 1.807) is 12.1 Å². The standard InChI is InChI=1S/C31H42N6O9S2/c1-3-37(4-2)22-6-9-25-28(18-22)46-27-17-21(32)5-8-24(27)30(25)26-10-7-23(19-29(26)48(41,42)43)47(39,40)36-12-14-45-16-15-44-13-11-35-31(33,34)20-38/h5-10,17-19,32,35-36,38H,3-4,11-16,20,33-34H2,1-2H3,(H,41,42,43). The van der Waals surface area contributed by atoms with Gasteiger partial charge in [-0.1, -0.05) is 6.07 Å². The lowest BCUT2D eigenvalue weighted by molar-refractivity contribution is 0.0472. The molecule has 0 bridgehead atoms. The highest BCUT2D eigenvalue weighted by Crippen LogP contribution is 2.43. The molecule has 17 heteroatoms. The number of ether oxygens (including phenoxy) is 2. The zero-order valence-corrected chi connectivity index (χ0v) is 28.4. The molecule has 0 saturated heterocycles. The van der Waals surface area contributed by atoms with Gasteiger partial charge in [0, 0.05) is 66.1 Å². The van der Waals surface area contributed by atoms with Gasteiger partial charge in [-0.15, -0.1) is 0 Å². The van der Waals surface area contributed by atoms with Crippen LogP contribution in [0.3, 0.4) is 0 Å². The molecule has 2 aromatic rings. The van der Waals surface area contributed by atoms with Crippen molar-refractivity contribution >= 4 is 36.8 Å². The van der Waals surface area contributed by atoms with Crippen molar-refractivity contribution < 1.29 is 40.4 Å². The second-order valence-electron chi connectivity index (χ2n) is 10.9. The van der Waals surface area contributed by atoms with Gasteiger partial charge in [0.25, 0.3) is 10.1 Å². The number of hydrogen-bond acceptors (Lipinski definition) is 13. The highest BCUT2D eigenvalue weighted by atomic mass is 32.2. The number of sulfonamides is 1. The molecular weight excluding hydrogens is 665 g/mol. The molecule has 1 heterocycles. The largest absolute Gasteiger partial charge is 0.456 e. The van der Waals surface area contributed by atoms with Crippen molar-refractivity contribution in [3.05, 3.63) is 60.0 Å². The molecule has 48 heavy (non-hydrogen) atoms. The van der Waals surface area contributed by atoms with Crippen LogP contribution >= 0.6 is 0 Å². The Kier molecular flexibility index (Phi) is 12.3. The highest BCUT2D eigenvalue weighted by Gasteiger charge is 2.27. The molecule has 0 saturated carbocycles. The van der Waals surface area contributed by atoms with E-state index in [-0.39, 0.29) is 48.8 Å². The smallest absolute Gasteiger partial charge is 0.295 e. The molecule has 0 atom stereocenters. The molecule has 15 nitrogen and oxygen atoms in total. The molecule has 9 N–H and O–H groups in total. The molecule has 4 rings (SSSR count). The molecule has 2 aromatic carbocycles. The Morgan fingerprint density at radius 1 is 0.896 bits per heavy atom. The molecule has 1 aliphatic heterocycles. The topological polar surface area (TPSA) is 244 Å². The number of aliphatic hydroxyl groups is 1. The van der Waals surface area contributed by atoms with Gasteiger partial charge in [0.15, 0.2) is 0 Å². The van der Waals surface area contributed by atoms with E-state index in [0.717, 1.165) is 24.8 Å². The van der Waals surface area contributed by atoms with Crippen LogP contribution < -0.4 is 31.8 Å². The number of benzene rings is 3. The molecule has 0 spiro atoms. The number of hydrogen-bond donors (Lipinski definition) is 7. The van der Waals surface area contributed by atoms with E-state index in [2.05, 4.69) is 14.9 Å². The van der Waals surface area contributed by atoms with Crippen LogP contribution in [0.2, 0.25) is 0 Å². The first kappa shape index (κ1) is 37.3. The summed E-state index contributed by atoms with van der Waals surface area (Å²) in [6.45, 7) is 5.90. The van der Waals surface area contributed by atoms with Gasteiger partial charge in [-0.2, -0.15) is 8.42 Å². The Bertz CT molecular complexity index is 1960. The van der Waals surface area contributed by atoms with Crippen LogP contribution in [0, 0.1) is 5.41 Å². The summed E-state index contributed by atoms with van der Waals surface area (Å²) in [5.41, 5.74) is 13.3. The van der Waals surface area contributed by atoms with E-state index in [4.69, 9.17) is 35.9 Å². The molecule has 262 valence electrons. The first-order valence-electron chi connectivity index (χ1n) is 15.2. The minimum Gasteiger partial charge on any atom is -0.456 e. The zero-order chi connectivity index (χ0) is 35.1. The summed E-state index contributed by atoms with van der Waals surface area (Å²) in [6.07, 6.45) is 0. The van der Waals surface area contributed by atoms with Crippen molar-refractivity contribution in [3.63, 3.8) is 0 Å². The third kappa shape index (κ3) is 9.14. The van der Waals surface area contributed by atoms with E-state index >= 15 is 0 Å². The van der Waals surface area contributed by atoms with E-state index in [9.17, 15) is 21.4 Å². The molecule has 0 unspecified atom stereocenters. The van der Waals surface area contributed by atoms with Crippen molar-refractivity contribution in [3.8, 4) is 22.5 Å². The molecule has 2 aliphatic rings. The fourth-order valence-electron chi connectivity index (χ4n) is 5.11. The number of rotatable bonds is 18. The van der Waals surface area contributed by atoms with Crippen molar-refractivity contribution in [2.24, 2.45) is 11.5 Å². The van der Waals surface area contributed by atoms with Crippen molar-refractivity contribution in [1.82, 2.24) is 10.0 Å². The van der Waals surface area contributed by atoms with Crippen molar-refractivity contribution in [2.45, 2.75) is 29.4 Å². The number of aliphatic hydroxyl groups excluding tert-OH is 1. The van der Waals surface area contributed by atoms with Gasteiger partial charge < -0.3 is 29.3 Å². The summed E-state index contributed by atoms with van der Waals surface area (Å²) in [4.78, 5) is 1.13. The highest BCUT2D eigenvalue weighted by molar-refractivity contribution is 7.89. The lowest BCUT2D eigenvalue weighted by Gasteiger charge is -2.23. The maximum Gasteiger partial charge on any atom is 0.295 e. The second kappa shape index (κ2) is 15.8. The van der Waals surface area contributed by atoms with Crippen LogP contribution in [0.5, 0.6) is 0 Å². The number of anilines is 1. The average Bonchev–Trinajstić information content (AvgIpc) is 3.04. The van der Waals surface area contributed by atoms with Gasteiger partial charge in [0.2, 0.25) is 10.0 Å². The Hall–Kier alpha value is -3.49. The lowest BCUT2D eigenvalue weighted by Crippen LogP contribution is -2.64. The molecule has 0 amide bonds. The van der Waals surface area contributed by atoms with Crippen molar-refractivity contribution in [2.75, 3.05) is 64.1 Å². The summed E-state index contributed by atoms with van der Waals surface area (Å²) in [5, 5.41) is 20.5. The maximum atomic E-state index is 13.1. The van der Waals surface area contributed by atoms with Crippen LogP contribution in [0.15, 0.2) is 68.8 Å². The SMILES string of the molecule is CCN(CC)c1ccc2c(-c3ccc(S(=O)(=O)NCCOCCOCCNC(N)(N)CO)cc3S(=O)(=O)O)c3ccc(=N)cc-3oc2c1. The van der Waals surface area contributed by atoms with Gasteiger partial charge in [-0.05, 0) is 50.2 Å². The quantitative estimate of drug-likeness (QED) is 0.0334. The van der Waals surface area contributed by atoms with Crippen LogP contribution in [0.1, 0.15) is 13.8 Å². The third-order valence-electron chi connectivity index (χ3n) is 7.52. The minimum atomic E-state index is -4.93. The first-order valence-corrected chi connectivity index (χ1v) is 18.1. The minimum absolute atomic E-state index is 0.00225. The number of fused-ring (bicyclic) bond motifs is 2. The van der Waals surface area contributed by atoms with Crippen LogP contribution in [-0.4, -0.2) is 91.5 Å². The summed E-state index contributed by atoms with van der Waals surface area (Å²) in [5.74, 6) is -1.08. The lowest BCUT2D eigenvalue weighted by atomic mass is 9.93. The second-order valence-corrected chi connectivity index (χ2v) is 14.1. The van der Waals surface area contributed by atoms with Crippen LogP contribution in [0.25, 0.3) is 33.4 Å². The molecule has 1 aliphatic carbocycles. The predicted octanol–water partition coefficient (Wildman–Crippen LogP) is 1.24. The third-order valence-corrected chi connectivity index (χ3v) is 9.87. The first-order chi connectivity index (χ1) is 22.7. The summed E-state index contributed by atoms with van der Waals surface area (Å²) in [7, 11) is -9.14. The van der Waals surface area contributed by atoms with Crippen molar-refractivity contribution in [1.29, 1.82) is 5.41 Å². The summed E-state index contributed by atoms with van der Waals surface area (Å²) in [6, 6.07) is 13.7. The van der Waals surface area contributed by atoms with Gasteiger partial charge in [-0.3, -0.25) is 21.3 Å². The van der Waals surface area contributed by atoms with Crippen LogP contribution in [0.4, 0.5) is 5.69 Å². The van der Waals surface area contributed by atoms with Crippen LogP contribution in [-0.2, 0) is 29.6 Å². The number of nitrogens with one attached hydrogen (secondary N) is 3. The van der Waals surface area contributed by atoms with Gasteiger partial charge in [-0.25, -0.2) is 13.1 Å². The Balaban J connectivity index is 1.57. The van der Waals surface area contributed by atoms with Gasteiger partial charge in [0.1, 0.15) is 22.0 Å². The summed E-state index contributed by atoms with van der Waals surface area (Å²) < 4.78 is 81.4. The Morgan fingerprint density at radius 3 is 2.21 bits per heavy atom. The number of nitrogens with zero attached hydrogens (tertiary/aromatic N) is 1. The maximum absolute atomic E-state index is 13.1. The fourth-order valence-corrected chi connectivity index (χ4v) is 6.95. The summed E-state index contributed by atoms with van der Waals surface area (Å²) >= 11 is 0. The fraction of sp³-hybridized carbons (Fsp3) is 0.387. The van der Waals surface area contributed by atoms with E-state index in [1.807, 2.05) is 26.0 Å². The molecular formula is C31H42N6O9S2. The molecule has 0 aromatic heterocycles. The van der Waals surface area contributed by atoms with Gasteiger partial charge >= 0.3 is 0 Å².